The Morgan fingerprint density at radius 1 is 1.06 bits per heavy atom. The molecular weight excluding hydrogens is 477 g/mol. The number of hydrogen-bond acceptors (Lipinski definition) is 5. The molecule has 0 atom stereocenters. The number of hydrogen-bond donors (Lipinski definition) is 1. The average Bonchev–Trinajstić information content (AvgIpc) is 3.22. The fraction of sp³-hybridized carbons (Fsp3) is 0.263. The van der Waals surface area contributed by atoms with Crippen LogP contribution < -0.4 is 5.32 Å². The predicted molar refractivity (Wildman–Crippen MR) is 109 cm³/mol. The van der Waals surface area contributed by atoms with Crippen LogP contribution in [0.3, 0.4) is 0 Å². The highest BCUT2D eigenvalue weighted by Crippen LogP contribution is 2.23. The summed E-state index contributed by atoms with van der Waals surface area (Å²) in [5.74, 6) is -4.75. The van der Waals surface area contributed by atoms with E-state index in [-0.39, 0.29) is 27.8 Å². The third-order valence-electron chi connectivity index (χ3n) is 3.47. The van der Waals surface area contributed by atoms with Gasteiger partial charge in [-0.3, -0.25) is 0 Å². The van der Waals surface area contributed by atoms with E-state index in [0.717, 1.165) is 17.1 Å². The Morgan fingerprint density at radius 2 is 1.66 bits per heavy atom. The van der Waals surface area contributed by atoms with Gasteiger partial charge in [-0.15, -0.1) is 0 Å². The number of alkyl carbamates (subject to hydrolysis) is 1. The molecule has 0 aliphatic carbocycles. The summed E-state index contributed by atoms with van der Waals surface area (Å²) in [4.78, 5) is 17.6. The monoisotopic (exact) mass is 493 g/mol. The van der Waals surface area contributed by atoms with Crippen molar-refractivity contribution < 1.29 is 27.1 Å². The molecule has 0 saturated heterocycles. The van der Waals surface area contributed by atoms with Gasteiger partial charge < -0.3 is 10.1 Å². The molecule has 0 aliphatic rings. The predicted octanol–water partition coefficient (Wildman–Crippen LogP) is 5.24. The van der Waals surface area contributed by atoms with Gasteiger partial charge >= 0.3 is 6.09 Å². The molecule has 3 rings (SSSR count). The van der Waals surface area contributed by atoms with Crippen LogP contribution in [0.15, 0.2) is 30.9 Å². The Bertz CT molecular complexity index is 1090. The first-order valence-corrected chi connectivity index (χ1v) is 9.61. The summed E-state index contributed by atoms with van der Waals surface area (Å²) in [7, 11) is 0. The molecule has 0 fully saturated rings. The summed E-state index contributed by atoms with van der Waals surface area (Å²) in [6.45, 7) is 4.78. The molecule has 0 unspecified atom stereocenters. The number of pyridine rings is 2. The zero-order chi connectivity index (χ0) is 24.1. The SMILES string of the molecule is CC(C)(C)OC(=O)NCc1c(Cl)cnc(F)c1F.Fc1ncc(Cl)c(-n2cccn2)c1F. The Kier molecular flexibility index (Phi) is 8.39. The smallest absolute Gasteiger partial charge is 0.407 e. The van der Waals surface area contributed by atoms with Crippen LogP contribution in [0.4, 0.5) is 22.4 Å². The van der Waals surface area contributed by atoms with Crippen molar-refractivity contribution in [3.8, 4) is 5.69 Å². The van der Waals surface area contributed by atoms with Crippen molar-refractivity contribution in [3.05, 3.63) is 70.0 Å². The second-order valence-corrected chi connectivity index (χ2v) is 7.87. The molecule has 13 heteroatoms. The van der Waals surface area contributed by atoms with E-state index in [1.165, 1.54) is 12.4 Å². The molecule has 172 valence electrons. The molecule has 3 aromatic rings. The van der Waals surface area contributed by atoms with Gasteiger partial charge in [0.15, 0.2) is 5.82 Å². The lowest BCUT2D eigenvalue weighted by atomic mass is 10.2. The van der Waals surface area contributed by atoms with Crippen molar-refractivity contribution in [2.45, 2.75) is 32.9 Å². The summed E-state index contributed by atoms with van der Waals surface area (Å²) in [5, 5.41) is 5.97. The van der Waals surface area contributed by atoms with Crippen LogP contribution in [0.5, 0.6) is 0 Å². The molecule has 0 radical (unpaired) electrons. The molecule has 0 saturated carbocycles. The number of rotatable bonds is 3. The van der Waals surface area contributed by atoms with Crippen molar-refractivity contribution in [1.29, 1.82) is 0 Å². The van der Waals surface area contributed by atoms with E-state index in [1.807, 2.05) is 0 Å². The quantitative estimate of drug-likeness (QED) is 0.398. The van der Waals surface area contributed by atoms with Gasteiger partial charge in [0.2, 0.25) is 11.8 Å². The van der Waals surface area contributed by atoms with Crippen LogP contribution in [0, 0.1) is 23.5 Å². The molecular formula is C19H17Cl2F4N5O2. The van der Waals surface area contributed by atoms with Gasteiger partial charge in [0.25, 0.3) is 5.95 Å². The maximum atomic E-state index is 13.3. The standard InChI is InChI=1S/C11H13ClF2N2O2.C8H4ClF2N3/c1-11(2,3)18-10(17)16-4-6-7(12)5-15-9(14)8(6)13;9-5-4-12-8(11)6(10)7(5)14-3-1-2-13-14/h5H,4H2,1-3H3,(H,16,17);1-4H. The first kappa shape index (κ1) is 25.3. The van der Waals surface area contributed by atoms with E-state index < -0.39 is 35.2 Å². The lowest BCUT2D eigenvalue weighted by Gasteiger charge is -2.19. The number of ether oxygens (including phenoxy) is 1. The number of halogens is 6. The van der Waals surface area contributed by atoms with Gasteiger partial charge in [0.1, 0.15) is 11.3 Å². The molecule has 0 aliphatic heterocycles. The summed E-state index contributed by atoms with van der Waals surface area (Å²) in [5.41, 5.74) is -0.977. The molecule has 0 spiro atoms. The van der Waals surface area contributed by atoms with E-state index in [4.69, 9.17) is 27.9 Å². The molecule has 1 N–H and O–H groups in total. The van der Waals surface area contributed by atoms with E-state index in [0.29, 0.717) is 0 Å². The summed E-state index contributed by atoms with van der Waals surface area (Å²) < 4.78 is 58.3. The maximum Gasteiger partial charge on any atom is 0.407 e. The fourth-order valence-corrected chi connectivity index (χ4v) is 2.58. The Balaban J connectivity index is 0.000000233. The Morgan fingerprint density at radius 3 is 2.22 bits per heavy atom. The highest BCUT2D eigenvalue weighted by Gasteiger charge is 2.19. The van der Waals surface area contributed by atoms with Gasteiger partial charge in [0, 0.05) is 24.2 Å². The summed E-state index contributed by atoms with van der Waals surface area (Å²) in [6, 6.07) is 1.58. The molecule has 32 heavy (non-hydrogen) atoms. The Labute approximate surface area is 190 Å². The van der Waals surface area contributed by atoms with Gasteiger partial charge in [-0.25, -0.2) is 23.8 Å². The number of carbonyl (C=O) groups excluding carboxylic acids is 1. The van der Waals surface area contributed by atoms with Crippen LogP contribution >= 0.6 is 23.2 Å². The van der Waals surface area contributed by atoms with Crippen LogP contribution in [0.2, 0.25) is 10.0 Å². The summed E-state index contributed by atoms with van der Waals surface area (Å²) in [6.07, 6.45) is 4.18. The normalized spacial score (nSPS) is 10.9. The number of aromatic nitrogens is 4. The van der Waals surface area contributed by atoms with Crippen molar-refractivity contribution in [1.82, 2.24) is 25.1 Å². The minimum atomic E-state index is -1.26. The number of nitrogens with zero attached hydrogens (tertiary/aromatic N) is 4. The highest BCUT2D eigenvalue weighted by atomic mass is 35.5. The van der Waals surface area contributed by atoms with Crippen molar-refractivity contribution in [2.75, 3.05) is 0 Å². The maximum absolute atomic E-state index is 13.3. The molecule has 0 bridgehead atoms. The van der Waals surface area contributed by atoms with E-state index in [1.54, 1.807) is 26.8 Å². The van der Waals surface area contributed by atoms with Gasteiger partial charge in [-0.2, -0.15) is 18.3 Å². The molecule has 7 nitrogen and oxygen atoms in total. The zero-order valence-electron chi connectivity index (χ0n) is 17.0. The van der Waals surface area contributed by atoms with Crippen molar-refractivity contribution in [2.24, 2.45) is 0 Å². The Hall–Kier alpha value is -2.92. The van der Waals surface area contributed by atoms with Crippen molar-refractivity contribution in [3.63, 3.8) is 0 Å². The van der Waals surface area contributed by atoms with Crippen molar-refractivity contribution >= 4 is 29.3 Å². The van der Waals surface area contributed by atoms with Gasteiger partial charge in [0.05, 0.1) is 22.8 Å². The molecule has 1 amide bonds. The highest BCUT2D eigenvalue weighted by molar-refractivity contribution is 6.32. The molecule has 3 heterocycles. The minimum Gasteiger partial charge on any atom is -0.444 e. The first-order valence-electron chi connectivity index (χ1n) is 8.85. The molecule has 0 aromatic carbocycles. The second kappa shape index (κ2) is 10.6. The fourth-order valence-electron chi connectivity index (χ4n) is 2.16. The molecule has 3 aromatic heterocycles. The van der Waals surface area contributed by atoms with Crippen LogP contribution in [-0.2, 0) is 11.3 Å². The number of amides is 1. The number of carbonyl (C=O) groups is 1. The lowest BCUT2D eigenvalue weighted by Crippen LogP contribution is -2.32. The third kappa shape index (κ3) is 6.79. The van der Waals surface area contributed by atoms with E-state index in [9.17, 15) is 22.4 Å². The minimum absolute atomic E-state index is 0.00704. The average molecular weight is 494 g/mol. The number of nitrogens with one attached hydrogen (secondary N) is 1. The largest absolute Gasteiger partial charge is 0.444 e. The van der Waals surface area contributed by atoms with E-state index >= 15 is 0 Å². The van der Waals surface area contributed by atoms with Gasteiger partial charge in [-0.1, -0.05) is 23.2 Å². The first-order chi connectivity index (χ1) is 14.9. The van der Waals surface area contributed by atoms with Gasteiger partial charge in [-0.05, 0) is 26.8 Å². The zero-order valence-corrected chi connectivity index (χ0v) is 18.5. The van der Waals surface area contributed by atoms with E-state index in [2.05, 4.69) is 20.4 Å². The summed E-state index contributed by atoms with van der Waals surface area (Å²) >= 11 is 11.3. The van der Waals surface area contributed by atoms with Crippen LogP contribution in [0.25, 0.3) is 5.69 Å². The van der Waals surface area contributed by atoms with Crippen LogP contribution in [-0.4, -0.2) is 31.4 Å². The lowest BCUT2D eigenvalue weighted by molar-refractivity contribution is 0.0523. The second-order valence-electron chi connectivity index (χ2n) is 7.06. The topological polar surface area (TPSA) is 81.9 Å². The van der Waals surface area contributed by atoms with Crippen LogP contribution in [0.1, 0.15) is 26.3 Å². The third-order valence-corrected chi connectivity index (χ3v) is 4.08.